The van der Waals surface area contributed by atoms with Crippen LogP contribution >= 0.6 is 23.1 Å². The number of thiazole rings is 1. The first-order valence-electron chi connectivity index (χ1n) is 6.44. The Labute approximate surface area is 121 Å². The third-order valence-corrected chi connectivity index (χ3v) is 5.74. The van der Waals surface area contributed by atoms with E-state index in [4.69, 9.17) is 0 Å². The van der Waals surface area contributed by atoms with E-state index in [2.05, 4.69) is 36.2 Å². The van der Waals surface area contributed by atoms with Crippen molar-refractivity contribution in [2.45, 2.75) is 36.8 Å². The molecule has 1 aromatic carbocycles. The number of rotatable bonds is 3. The summed E-state index contributed by atoms with van der Waals surface area (Å²) in [5.74, 6) is 1.08. The van der Waals surface area contributed by atoms with Gasteiger partial charge in [-0.1, -0.05) is 18.2 Å². The summed E-state index contributed by atoms with van der Waals surface area (Å²) in [6.45, 7) is 2.12. The molecule has 0 saturated carbocycles. The number of carbonyl (C=O) groups excluding carboxylic acids is 1. The van der Waals surface area contributed by atoms with Gasteiger partial charge in [-0.3, -0.25) is 4.79 Å². The second-order valence-corrected chi connectivity index (χ2v) is 6.90. The number of benzene rings is 1. The van der Waals surface area contributed by atoms with Gasteiger partial charge in [0.2, 0.25) is 0 Å². The summed E-state index contributed by atoms with van der Waals surface area (Å²) in [7, 11) is 0. The van der Waals surface area contributed by atoms with E-state index in [1.807, 2.05) is 0 Å². The molecule has 0 saturated heterocycles. The molecule has 1 aromatic heterocycles. The summed E-state index contributed by atoms with van der Waals surface area (Å²) >= 11 is 3.51. The first kappa shape index (κ1) is 12.9. The van der Waals surface area contributed by atoms with Gasteiger partial charge in [0.15, 0.2) is 5.78 Å². The summed E-state index contributed by atoms with van der Waals surface area (Å²) in [6.07, 6.45) is 2.67. The molecule has 1 heterocycles. The summed E-state index contributed by atoms with van der Waals surface area (Å²) in [5.41, 5.74) is 2.04. The lowest BCUT2D eigenvalue weighted by atomic mass is 10.0. The second-order valence-electron chi connectivity index (χ2n) is 4.71. The van der Waals surface area contributed by atoms with Crippen molar-refractivity contribution in [3.05, 3.63) is 45.4 Å². The van der Waals surface area contributed by atoms with Crippen molar-refractivity contribution in [1.82, 2.24) is 4.98 Å². The van der Waals surface area contributed by atoms with E-state index in [0.29, 0.717) is 6.42 Å². The van der Waals surface area contributed by atoms with Gasteiger partial charge in [-0.15, -0.1) is 23.1 Å². The van der Waals surface area contributed by atoms with Gasteiger partial charge in [0.1, 0.15) is 10.7 Å². The van der Waals surface area contributed by atoms with Crippen LogP contribution in [0.25, 0.3) is 0 Å². The molecule has 0 atom stereocenters. The zero-order valence-corrected chi connectivity index (χ0v) is 12.4. The quantitative estimate of drug-likeness (QED) is 0.791. The Morgan fingerprint density at radius 1 is 1.32 bits per heavy atom. The number of Topliss-reactive ketones (excluding diaryl/α,β-unsaturated/α-hetero) is 1. The Balaban J connectivity index is 1.74. The minimum absolute atomic E-state index is 0.227. The van der Waals surface area contributed by atoms with Gasteiger partial charge in [-0.25, -0.2) is 4.98 Å². The molecule has 0 unspecified atom stereocenters. The van der Waals surface area contributed by atoms with Crippen molar-refractivity contribution < 1.29 is 4.79 Å². The SMILES string of the molecule is Cc1ccccc1SCc1nc2c(s1)CCCC2=O. The average Bonchev–Trinajstić information content (AvgIpc) is 2.82. The minimum atomic E-state index is 0.227. The van der Waals surface area contributed by atoms with Crippen molar-refractivity contribution in [2.75, 3.05) is 0 Å². The molecule has 0 fully saturated rings. The summed E-state index contributed by atoms with van der Waals surface area (Å²) in [4.78, 5) is 18.8. The molecule has 98 valence electrons. The van der Waals surface area contributed by atoms with E-state index in [0.717, 1.165) is 29.3 Å². The van der Waals surface area contributed by atoms with E-state index in [1.54, 1.807) is 23.1 Å². The predicted molar refractivity (Wildman–Crippen MR) is 80.1 cm³/mol. The van der Waals surface area contributed by atoms with Gasteiger partial charge in [0, 0.05) is 16.2 Å². The van der Waals surface area contributed by atoms with Crippen LogP contribution in [0.1, 0.15) is 38.8 Å². The maximum absolute atomic E-state index is 11.8. The lowest BCUT2D eigenvalue weighted by molar-refractivity contribution is 0.0968. The van der Waals surface area contributed by atoms with E-state index >= 15 is 0 Å². The van der Waals surface area contributed by atoms with Crippen molar-refractivity contribution in [3.63, 3.8) is 0 Å². The summed E-state index contributed by atoms with van der Waals surface area (Å²) < 4.78 is 0. The number of thioether (sulfide) groups is 1. The number of hydrogen-bond acceptors (Lipinski definition) is 4. The normalized spacial score (nSPS) is 14.5. The Morgan fingerprint density at radius 2 is 2.16 bits per heavy atom. The molecule has 2 nitrogen and oxygen atoms in total. The maximum Gasteiger partial charge on any atom is 0.182 e. The Morgan fingerprint density at radius 3 is 2.95 bits per heavy atom. The molecule has 0 spiro atoms. The fraction of sp³-hybridized carbons (Fsp3) is 0.333. The topological polar surface area (TPSA) is 30.0 Å². The van der Waals surface area contributed by atoms with Crippen LogP contribution in [-0.2, 0) is 12.2 Å². The molecule has 0 amide bonds. The van der Waals surface area contributed by atoms with Crippen molar-refractivity contribution >= 4 is 28.9 Å². The highest BCUT2D eigenvalue weighted by Crippen LogP contribution is 2.31. The van der Waals surface area contributed by atoms with E-state index in [-0.39, 0.29) is 5.78 Å². The van der Waals surface area contributed by atoms with Gasteiger partial charge < -0.3 is 0 Å². The molecule has 0 N–H and O–H groups in total. The first-order valence-corrected chi connectivity index (χ1v) is 8.24. The van der Waals surface area contributed by atoms with Crippen LogP contribution in [0, 0.1) is 6.92 Å². The van der Waals surface area contributed by atoms with Crippen molar-refractivity contribution in [1.29, 1.82) is 0 Å². The molecule has 0 radical (unpaired) electrons. The summed E-state index contributed by atoms with van der Waals surface area (Å²) in [6, 6.07) is 8.38. The number of carbonyl (C=O) groups is 1. The fourth-order valence-electron chi connectivity index (χ4n) is 2.24. The van der Waals surface area contributed by atoms with Gasteiger partial charge in [0.05, 0.1) is 5.75 Å². The highest BCUT2D eigenvalue weighted by atomic mass is 32.2. The Hall–Kier alpha value is -1.13. The number of aromatic nitrogens is 1. The third kappa shape index (κ3) is 2.74. The lowest BCUT2D eigenvalue weighted by Gasteiger charge is -2.06. The van der Waals surface area contributed by atoms with Gasteiger partial charge in [-0.05, 0) is 31.4 Å². The minimum Gasteiger partial charge on any atom is -0.292 e. The van der Waals surface area contributed by atoms with E-state index in [9.17, 15) is 4.79 Å². The molecule has 19 heavy (non-hydrogen) atoms. The second kappa shape index (κ2) is 5.47. The van der Waals surface area contributed by atoms with E-state index < -0.39 is 0 Å². The summed E-state index contributed by atoms with van der Waals surface area (Å²) in [5, 5.41) is 1.08. The number of hydrogen-bond donors (Lipinski definition) is 0. The van der Waals surface area contributed by atoms with Crippen molar-refractivity contribution in [2.24, 2.45) is 0 Å². The maximum atomic E-state index is 11.8. The molecule has 0 aliphatic heterocycles. The highest BCUT2D eigenvalue weighted by Gasteiger charge is 2.22. The van der Waals surface area contributed by atoms with Crippen molar-refractivity contribution in [3.8, 4) is 0 Å². The smallest absolute Gasteiger partial charge is 0.182 e. The van der Waals surface area contributed by atoms with E-state index in [1.165, 1.54) is 15.3 Å². The zero-order valence-electron chi connectivity index (χ0n) is 10.8. The number of fused-ring (bicyclic) bond motifs is 1. The molecule has 4 heteroatoms. The van der Waals surface area contributed by atoms with Crippen LogP contribution in [0.15, 0.2) is 29.2 Å². The Kier molecular flexibility index (Phi) is 3.71. The standard InChI is InChI=1S/C15H15NOS2/c1-10-5-2-3-7-12(10)18-9-14-16-15-11(17)6-4-8-13(15)19-14/h2-3,5,7H,4,6,8-9H2,1H3. The van der Waals surface area contributed by atoms with Gasteiger partial charge in [0.25, 0.3) is 0 Å². The molecule has 1 aliphatic rings. The molecule has 0 bridgehead atoms. The average molecular weight is 289 g/mol. The zero-order chi connectivity index (χ0) is 13.2. The van der Waals surface area contributed by atoms with Crippen LogP contribution in [0.4, 0.5) is 0 Å². The number of ketones is 1. The van der Waals surface area contributed by atoms with Crippen LogP contribution in [0.3, 0.4) is 0 Å². The first-order chi connectivity index (χ1) is 9.24. The number of nitrogens with zero attached hydrogens (tertiary/aromatic N) is 1. The largest absolute Gasteiger partial charge is 0.292 e. The van der Waals surface area contributed by atoms with Crippen LogP contribution in [0.2, 0.25) is 0 Å². The predicted octanol–water partition coefficient (Wildman–Crippen LogP) is 4.26. The Bertz CT molecular complexity index is 618. The van der Waals surface area contributed by atoms with Gasteiger partial charge in [-0.2, -0.15) is 0 Å². The van der Waals surface area contributed by atoms with Crippen LogP contribution in [-0.4, -0.2) is 10.8 Å². The monoisotopic (exact) mass is 289 g/mol. The highest BCUT2D eigenvalue weighted by molar-refractivity contribution is 7.98. The van der Waals surface area contributed by atoms with Gasteiger partial charge >= 0.3 is 0 Å². The number of aryl methyl sites for hydroxylation is 2. The molecular weight excluding hydrogens is 274 g/mol. The third-order valence-electron chi connectivity index (χ3n) is 3.26. The van der Waals surface area contributed by atoms with Crippen LogP contribution < -0.4 is 0 Å². The fourth-order valence-corrected chi connectivity index (χ4v) is 4.39. The molecule has 2 aromatic rings. The van der Waals surface area contributed by atoms with Crippen LogP contribution in [0.5, 0.6) is 0 Å². The molecular formula is C15H15NOS2. The lowest BCUT2D eigenvalue weighted by Crippen LogP contribution is -2.08. The molecule has 1 aliphatic carbocycles. The molecule has 3 rings (SSSR count).